The predicted molar refractivity (Wildman–Crippen MR) is 76.2 cm³/mol. The third-order valence-corrected chi connectivity index (χ3v) is 5.91. The molecule has 1 aliphatic carbocycles. The summed E-state index contributed by atoms with van der Waals surface area (Å²) in [6.07, 6.45) is 1.13. The highest BCUT2D eigenvalue weighted by atomic mass is 32.2. The van der Waals surface area contributed by atoms with Crippen LogP contribution in [0.4, 0.5) is 0 Å². The molecule has 2 N–H and O–H groups in total. The van der Waals surface area contributed by atoms with E-state index in [-0.39, 0.29) is 0 Å². The van der Waals surface area contributed by atoms with E-state index in [2.05, 4.69) is 6.92 Å². The molecule has 1 fully saturated rings. The largest absolute Gasteiger partial charge is 0.326 e. The first-order valence-corrected chi connectivity index (χ1v) is 8.06. The molecule has 2 rings (SSSR count). The van der Waals surface area contributed by atoms with Crippen molar-refractivity contribution in [2.45, 2.75) is 31.7 Å². The first kappa shape index (κ1) is 14.5. The molecule has 1 aromatic rings. The van der Waals surface area contributed by atoms with Crippen LogP contribution in [0, 0.1) is 18.8 Å². The van der Waals surface area contributed by atoms with E-state index in [4.69, 9.17) is 5.73 Å². The SMILES string of the molecule is Cc1cc(CN)ccc1S(=O)(=O)N(C)CC1CC1C. The van der Waals surface area contributed by atoms with Gasteiger partial charge in [-0.05, 0) is 42.4 Å². The third kappa shape index (κ3) is 2.99. The Hall–Kier alpha value is -0.910. The summed E-state index contributed by atoms with van der Waals surface area (Å²) in [6, 6.07) is 5.30. The van der Waals surface area contributed by atoms with Crippen LogP contribution in [0.15, 0.2) is 23.1 Å². The first-order chi connectivity index (χ1) is 8.86. The zero-order valence-electron chi connectivity index (χ0n) is 11.8. The minimum Gasteiger partial charge on any atom is -0.326 e. The topological polar surface area (TPSA) is 63.4 Å². The molecule has 5 heteroatoms. The van der Waals surface area contributed by atoms with Crippen LogP contribution in [-0.4, -0.2) is 26.3 Å². The van der Waals surface area contributed by atoms with Crippen LogP contribution >= 0.6 is 0 Å². The molecule has 1 aliphatic rings. The number of rotatable bonds is 5. The van der Waals surface area contributed by atoms with Gasteiger partial charge in [-0.15, -0.1) is 0 Å². The van der Waals surface area contributed by atoms with Crippen molar-refractivity contribution in [2.24, 2.45) is 17.6 Å². The summed E-state index contributed by atoms with van der Waals surface area (Å²) in [6.45, 7) is 5.02. The molecular formula is C14H22N2O2S. The Morgan fingerprint density at radius 1 is 1.42 bits per heavy atom. The molecule has 2 unspecified atom stereocenters. The second-order valence-electron chi connectivity index (χ2n) is 5.56. The number of hydrogen-bond acceptors (Lipinski definition) is 3. The van der Waals surface area contributed by atoms with Crippen LogP contribution in [0.5, 0.6) is 0 Å². The van der Waals surface area contributed by atoms with Crippen LogP contribution < -0.4 is 5.73 Å². The van der Waals surface area contributed by atoms with Crippen LogP contribution in [-0.2, 0) is 16.6 Å². The molecule has 2 atom stereocenters. The highest BCUT2D eigenvalue weighted by Gasteiger charge is 2.36. The molecule has 19 heavy (non-hydrogen) atoms. The predicted octanol–water partition coefficient (Wildman–Crippen LogP) is 1.73. The Morgan fingerprint density at radius 3 is 2.53 bits per heavy atom. The fraction of sp³-hybridized carbons (Fsp3) is 0.571. The van der Waals surface area contributed by atoms with Gasteiger partial charge in [-0.1, -0.05) is 19.1 Å². The van der Waals surface area contributed by atoms with Crippen molar-refractivity contribution in [1.82, 2.24) is 4.31 Å². The molecule has 1 saturated carbocycles. The van der Waals surface area contributed by atoms with Crippen molar-refractivity contribution in [3.05, 3.63) is 29.3 Å². The van der Waals surface area contributed by atoms with Gasteiger partial charge in [-0.25, -0.2) is 12.7 Å². The summed E-state index contributed by atoms with van der Waals surface area (Å²) in [5.41, 5.74) is 7.28. The van der Waals surface area contributed by atoms with Crippen molar-refractivity contribution >= 4 is 10.0 Å². The minimum absolute atomic E-state index is 0.389. The molecule has 0 spiro atoms. The molecule has 0 aliphatic heterocycles. The average Bonchev–Trinajstić information content (AvgIpc) is 3.04. The maximum absolute atomic E-state index is 12.5. The minimum atomic E-state index is -3.38. The Kier molecular flexibility index (Phi) is 3.99. The van der Waals surface area contributed by atoms with Gasteiger partial charge in [0.05, 0.1) is 4.90 Å². The van der Waals surface area contributed by atoms with Crippen molar-refractivity contribution in [1.29, 1.82) is 0 Å². The third-order valence-electron chi connectivity index (χ3n) is 3.93. The maximum atomic E-state index is 12.5. The fourth-order valence-corrected chi connectivity index (χ4v) is 3.81. The Balaban J connectivity index is 2.23. The summed E-state index contributed by atoms with van der Waals surface area (Å²) in [5.74, 6) is 1.17. The molecule has 1 aromatic carbocycles. The monoisotopic (exact) mass is 282 g/mol. The van der Waals surface area contributed by atoms with Gasteiger partial charge < -0.3 is 5.73 Å². The number of aryl methyl sites for hydroxylation is 1. The van der Waals surface area contributed by atoms with Gasteiger partial charge in [0.2, 0.25) is 10.0 Å². The average molecular weight is 282 g/mol. The Bertz CT molecular complexity index is 569. The highest BCUT2D eigenvalue weighted by Crippen LogP contribution is 2.38. The molecule has 0 amide bonds. The van der Waals surface area contributed by atoms with E-state index < -0.39 is 10.0 Å². The Morgan fingerprint density at radius 2 is 2.05 bits per heavy atom. The van der Waals surface area contributed by atoms with Crippen molar-refractivity contribution in [3.63, 3.8) is 0 Å². The summed E-state index contributed by atoms with van der Waals surface area (Å²) in [7, 11) is -1.72. The lowest BCUT2D eigenvalue weighted by molar-refractivity contribution is 0.444. The fourth-order valence-electron chi connectivity index (χ4n) is 2.38. The van der Waals surface area contributed by atoms with Crippen LogP contribution in [0.2, 0.25) is 0 Å². The molecular weight excluding hydrogens is 260 g/mol. The standard InChI is InChI=1S/C14H22N2O2S/c1-10-7-13(10)9-16(3)19(17,18)14-5-4-12(8-15)6-11(14)2/h4-6,10,13H,7-9,15H2,1-3H3. The summed E-state index contributed by atoms with van der Waals surface area (Å²) in [5, 5.41) is 0. The van der Waals surface area contributed by atoms with Crippen molar-refractivity contribution < 1.29 is 8.42 Å². The molecule has 0 heterocycles. The summed E-state index contributed by atoms with van der Waals surface area (Å²) < 4.78 is 26.5. The van der Waals surface area contributed by atoms with E-state index in [0.717, 1.165) is 17.5 Å². The van der Waals surface area contributed by atoms with Gasteiger partial charge in [0, 0.05) is 20.1 Å². The lowest BCUT2D eigenvalue weighted by Crippen LogP contribution is -2.29. The lowest BCUT2D eigenvalue weighted by atomic mass is 10.1. The molecule has 0 aromatic heterocycles. The number of hydrogen-bond donors (Lipinski definition) is 1. The molecule has 0 bridgehead atoms. The summed E-state index contributed by atoms with van der Waals surface area (Å²) >= 11 is 0. The van der Waals surface area contributed by atoms with E-state index in [1.165, 1.54) is 4.31 Å². The van der Waals surface area contributed by atoms with Gasteiger partial charge in [0.25, 0.3) is 0 Å². The van der Waals surface area contributed by atoms with E-state index in [9.17, 15) is 8.42 Å². The molecule has 0 radical (unpaired) electrons. The van der Waals surface area contributed by atoms with Crippen LogP contribution in [0.25, 0.3) is 0 Å². The van der Waals surface area contributed by atoms with Crippen molar-refractivity contribution in [3.8, 4) is 0 Å². The van der Waals surface area contributed by atoms with Gasteiger partial charge in [0.1, 0.15) is 0 Å². The van der Waals surface area contributed by atoms with Gasteiger partial charge in [-0.2, -0.15) is 0 Å². The van der Waals surface area contributed by atoms with E-state index in [0.29, 0.717) is 29.8 Å². The zero-order valence-corrected chi connectivity index (χ0v) is 12.6. The lowest BCUT2D eigenvalue weighted by Gasteiger charge is -2.18. The number of benzene rings is 1. The second-order valence-corrected chi connectivity index (χ2v) is 7.58. The number of nitrogens with zero attached hydrogens (tertiary/aromatic N) is 1. The number of nitrogens with two attached hydrogens (primary N) is 1. The van der Waals surface area contributed by atoms with Gasteiger partial charge >= 0.3 is 0 Å². The molecule has 0 saturated heterocycles. The molecule has 4 nitrogen and oxygen atoms in total. The van der Waals surface area contributed by atoms with Gasteiger partial charge in [0.15, 0.2) is 0 Å². The van der Waals surface area contributed by atoms with E-state index >= 15 is 0 Å². The number of sulfonamides is 1. The maximum Gasteiger partial charge on any atom is 0.243 e. The Labute approximate surface area is 115 Å². The van der Waals surface area contributed by atoms with Crippen LogP contribution in [0.1, 0.15) is 24.5 Å². The second kappa shape index (κ2) is 5.23. The normalized spacial score (nSPS) is 22.8. The quantitative estimate of drug-likeness (QED) is 0.894. The first-order valence-electron chi connectivity index (χ1n) is 6.62. The van der Waals surface area contributed by atoms with Gasteiger partial charge in [-0.3, -0.25) is 0 Å². The van der Waals surface area contributed by atoms with E-state index in [1.54, 1.807) is 19.2 Å². The van der Waals surface area contributed by atoms with Crippen LogP contribution in [0.3, 0.4) is 0 Å². The highest BCUT2D eigenvalue weighted by molar-refractivity contribution is 7.89. The molecule has 106 valence electrons. The van der Waals surface area contributed by atoms with E-state index in [1.807, 2.05) is 13.0 Å². The zero-order chi connectivity index (χ0) is 14.2. The smallest absolute Gasteiger partial charge is 0.243 e. The summed E-state index contributed by atoms with van der Waals surface area (Å²) in [4.78, 5) is 0.389. The van der Waals surface area contributed by atoms with Crippen molar-refractivity contribution in [2.75, 3.05) is 13.6 Å².